The third-order valence-corrected chi connectivity index (χ3v) is 6.26. The van der Waals surface area contributed by atoms with Crippen LogP contribution in [0.25, 0.3) is 0 Å². The Morgan fingerprint density at radius 2 is 2.03 bits per heavy atom. The summed E-state index contributed by atoms with van der Waals surface area (Å²) in [4.78, 5) is 29.5. The summed E-state index contributed by atoms with van der Waals surface area (Å²) in [5, 5.41) is 15.6. The lowest BCUT2D eigenvalue weighted by molar-refractivity contribution is 0.0567. The van der Waals surface area contributed by atoms with Gasteiger partial charge < -0.3 is 19.5 Å². The highest BCUT2D eigenvalue weighted by atomic mass is 16.4. The van der Waals surface area contributed by atoms with Crippen LogP contribution in [-0.4, -0.2) is 74.4 Å². The number of carbonyl (C=O) groups is 2. The normalized spacial score (nSPS) is 23.5. The van der Waals surface area contributed by atoms with E-state index in [0.29, 0.717) is 56.5 Å². The number of carbonyl (C=O) groups excluding carboxylic acids is 2. The minimum atomic E-state index is -0.425. The van der Waals surface area contributed by atoms with Crippen LogP contribution >= 0.6 is 0 Å². The Bertz CT molecular complexity index is 952. The number of likely N-dealkylation sites (tertiary alicyclic amines) is 2. The fraction of sp³-hybridized carbons (Fsp3) is 0.650. The van der Waals surface area contributed by atoms with E-state index in [2.05, 4.69) is 20.6 Å². The molecule has 1 N–H and O–H groups in total. The highest BCUT2D eigenvalue weighted by Crippen LogP contribution is 2.45. The van der Waals surface area contributed by atoms with Gasteiger partial charge in [0.25, 0.3) is 5.91 Å². The molecule has 2 aromatic heterocycles. The Hall–Kier alpha value is -2.91. The number of piperidine rings is 1. The minimum Gasteiger partial charge on any atom is -0.425 e. The largest absolute Gasteiger partial charge is 0.425 e. The maximum atomic E-state index is 13.2. The number of aryl methyl sites for hydroxylation is 3. The molecule has 2 atom stereocenters. The molecule has 0 unspecified atom stereocenters. The quantitative estimate of drug-likeness (QED) is 0.805. The molecule has 0 saturated carbocycles. The molecule has 30 heavy (non-hydrogen) atoms. The van der Waals surface area contributed by atoms with Gasteiger partial charge >= 0.3 is 6.03 Å². The molecule has 0 spiro atoms. The number of rotatable bonds is 4. The van der Waals surface area contributed by atoms with Gasteiger partial charge in [-0.2, -0.15) is 5.10 Å². The van der Waals surface area contributed by atoms with Crippen molar-refractivity contribution in [1.82, 2.24) is 35.1 Å². The van der Waals surface area contributed by atoms with Gasteiger partial charge in [0.1, 0.15) is 0 Å². The van der Waals surface area contributed by atoms with Crippen LogP contribution in [0, 0.1) is 19.8 Å². The maximum absolute atomic E-state index is 13.2. The van der Waals surface area contributed by atoms with Crippen LogP contribution in [-0.2, 0) is 12.5 Å². The molecule has 162 valence electrons. The first-order valence-corrected chi connectivity index (χ1v) is 10.5. The van der Waals surface area contributed by atoms with Crippen LogP contribution in [0.3, 0.4) is 0 Å². The predicted molar refractivity (Wildman–Crippen MR) is 108 cm³/mol. The monoisotopic (exact) mass is 415 g/mol. The van der Waals surface area contributed by atoms with Crippen molar-refractivity contribution in [3.63, 3.8) is 0 Å². The van der Waals surface area contributed by atoms with Crippen LogP contribution in [0.1, 0.15) is 47.6 Å². The van der Waals surface area contributed by atoms with Crippen molar-refractivity contribution >= 4 is 11.9 Å². The van der Waals surface area contributed by atoms with E-state index < -0.39 is 5.41 Å². The van der Waals surface area contributed by atoms with E-state index in [1.807, 2.05) is 30.7 Å². The molecule has 2 aliphatic rings. The molecular formula is C20H29N7O3. The van der Waals surface area contributed by atoms with Gasteiger partial charge in [-0.1, -0.05) is 6.92 Å². The van der Waals surface area contributed by atoms with Crippen molar-refractivity contribution < 1.29 is 14.0 Å². The Morgan fingerprint density at radius 3 is 2.67 bits per heavy atom. The number of fused-ring (bicyclic) bond motifs is 1. The standard InChI is InChI=1S/C20H29N7O3/c1-5-7-21-19(29)27-10-15-9-26(17(28)16-11-25(4)24-13(16)2)8-6-20(15,12-27)18-23-22-14(3)30-18/h11,15H,5-10,12H2,1-4H3,(H,21,29)/t15-,20-/m0/s1. The summed E-state index contributed by atoms with van der Waals surface area (Å²) in [6, 6.07) is -0.0807. The molecule has 2 aromatic rings. The van der Waals surface area contributed by atoms with Crippen LogP contribution in [0.5, 0.6) is 0 Å². The molecule has 2 saturated heterocycles. The van der Waals surface area contributed by atoms with Crippen LogP contribution in [0.2, 0.25) is 0 Å². The van der Waals surface area contributed by atoms with Crippen molar-refractivity contribution in [3.8, 4) is 0 Å². The molecule has 0 radical (unpaired) electrons. The highest BCUT2D eigenvalue weighted by Gasteiger charge is 2.55. The van der Waals surface area contributed by atoms with Gasteiger partial charge in [0.2, 0.25) is 11.8 Å². The number of urea groups is 1. The second-order valence-electron chi connectivity index (χ2n) is 8.39. The zero-order valence-corrected chi connectivity index (χ0v) is 18.0. The zero-order valence-electron chi connectivity index (χ0n) is 18.0. The molecule has 10 heteroatoms. The summed E-state index contributed by atoms with van der Waals surface area (Å²) >= 11 is 0. The smallest absolute Gasteiger partial charge is 0.317 e. The van der Waals surface area contributed by atoms with Crippen LogP contribution in [0.15, 0.2) is 10.6 Å². The van der Waals surface area contributed by atoms with E-state index >= 15 is 0 Å². The van der Waals surface area contributed by atoms with Gasteiger partial charge in [-0.25, -0.2) is 4.79 Å². The SMILES string of the molecule is CCCNC(=O)N1C[C@@H]2CN(C(=O)c3cn(C)nc3C)CC[C@]2(c2nnc(C)o2)C1. The molecule has 10 nitrogen and oxygen atoms in total. The lowest BCUT2D eigenvalue weighted by Crippen LogP contribution is -2.51. The summed E-state index contributed by atoms with van der Waals surface area (Å²) in [5.41, 5.74) is 0.916. The Labute approximate surface area is 175 Å². The van der Waals surface area contributed by atoms with Gasteiger partial charge in [0.15, 0.2) is 0 Å². The first kappa shape index (κ1) is 20.4. The van der Waals surface area contributed by atoms with E-state index in [0.717, 1.165) is 12.1 Å². The number of nitrogens with one attached hydrogen (secondary N) is 1. The van der Waals surface area contributed by atoms with Crippen LogP contribution in [0.4, 0.5) is 4.79 Å². The molecule has 3 amide bonds. The first-order chi connectivity index (χ1) is 14.3. The Kier molecular flexibility index (Phi) is 5.25. The lowest BCUT2D eigenvalue weighted by atomic mass is 9.72. The summed E-state index contributed by atoms with van der Waals surface area (Å²) in [6.45, 7) is 8.44. The zero-order chi connectivity index (χ0) is 21.5. The first-order valence-electron chi connectivity index (χ1n) is 10.5. The Balaban J connectivity index is 1.59. The van der Waals surface area contributed by atoms with E-state index in [9.17, 15) is 9.59 Å². The third-order valence-electron chi connectivity index (χ3n) is 6.26. The average Bonchev–Trinajstić information content (AvgIpc) is 3.41. The van der Waals surface area contributed by atoms with Crippen molar-refractivity contribution in [2.45, 2.75) is 39.0 Å². The maximum Gasteiger partial charge on any atom is 0.317 e. The number of hydrogen-bond acceptors (Lipinski definition) is 6. The van der Waals surface area contributed by atoms with Gasteiger partial charge in [-0.05, 0) is 19.8 Å². The molecule has 2 aliphatic heterocycles. The lowest BCUT2D eigenvalue weighted by Gasteiger charge is -2.41. The van der Waals surface area contributed by atoms with E-state index in [1.165, 1.54) is 0 Å². The Morgan fingerprint density at radius 1 is 1.27 bits per heavy atom. The van der Waals surface area contributed by atoms with Gasteiger partial charge in [0, 0.05) is 58.8 Å². The topological polar surface area (TPSA) is 109 Å². The minimum absolute atomic E-state index is 0.0233. The molecule has 2 fully saturated rings. The second-order valence-corrected chi connectivity index (χ2v) is 8.39. The predicted octanol–water partition coefficient (Wildman–Crippen LogP) is 1.26. The van der Waals surface area contributed by atoms with Crippen molar-refractivity contribution in [1.29, 1.82) is 0 Å². The number of amides is 3. The fourth-order valence-corrected chi connectivity index (χ4v) is 4.69. The molecular weight excluding hydrogens is 386 g/mol. The molecule has 0 aromatic carbocycles. The number of aromatic nitrogens is 4. The molecule has 4 rings (SSSR count). The van der Waals surface area contributed by atoms with Gasteiger partial charge in [-0.3, -0.25) is 9.48 Å². The molecule has 0 aliphatic carbocycles. The third kappa shape index (κ3) is 3.44. The van der Waals surface area contributed by atoms with Crippen LogP contribution < -0.4 is 5.32 Å². The van der Waals surface area contributed by atoms with Crippen molar-refractivity contribution in [3.05, 3.63) is 29.2 Å². The summed E-state index contributed by atoms with van der Waals surface area (Å²) in [7, 11) is 1.81. The second kappa shape index (κ2) is 7.73. The highest BCUT2D eigenvalue weighted by molar-refractivity contribution is 5.95. The fourth-order valence-electron chi connectivity index (χ4n) is 4.69. The summed E-state index contributed by atoms with van der Waals surface area (Å²) in [5.74, 6) is 1.08. The van der Waals surface area contributed by atoms with Gasteiger partial charge in [0.05, 0.1) is 16.7 Å². The van der Waals surface area contributed by atoms with Gasteiger partial charge in [-0.15, -0.1) is 10.2 Å². The summed E-state index contributed by atoms with van der Waals surface area (Å²) in [6.07, 6.45) is 3.31. The number of nitrogens with zero attached hydrogens (tertiary/aromatic N) is 6. The van der Waals surface area contributed by atoms with E-state index in [-0.39, 0.29) is 17.9 Å². The van der Waals surface area contributed by atoms with Crippen molar-refractivity contribution in [2.24, 2.45) is 13.0 Å². The number of hydrogen-bond donors (Lipinski definition) is 1. The molecule has 0 bridgehead atoms. The average molecular weight is 415 g/mol. The van der Waals surface area contributed by atoms with E-state index in [1.54, 1.807) is 17.8 Å². The van der Waals surface area contributed by atoms with Crippen molar-refractivity contribution in [2.75, 3.05) is 32.7 Å². The molecule has 4 heterocycles. The summed E-state index contributed by atoms with van der Waals surface area (Å²) < 4.78 is 7.50. The van der Waals surface area contributed by atoms with E-state index in [4.69, 9.17) is 4.42 Å².